The normalized spacial score (nSPS) is 14.3. The molecule has 3 aromatic rings. The summed E-state index contributed by atoms with van der Waals surface area (Å²) in [6.45, 7) is 4.94. The van der Waals surface area contributed by atoms with Gasteiger partial charge in [0.1, 0.15) is 17.2 Å². The number of halogens is 1. The van der Waals surface area contributed by atoms with Gasteiger partial charge in [-0.1, -0.05) is 25.5 Å². The minimum Gasteiger partial charge on any atom is -0.497 e. The molecule has 11 heteroatoms. The molecule has 3 aromatic carbocycles. The van der Waals surface area contributed by atoms with Crippen LogP contribution in [0.25, 0.3) is 0 Å². The number of benzene rings is 3. The topological polar surface area (TPSA) is 100 Å². The Morgan fingerprint density at radius 3 is 2.19 bits per heavy atom. The molecule has 1 saturated heterocycles. The Morgan fingerprint density at radius 1 is 1.00 bits per heavy atom. The highest BCUT2D eigenvalue weighted by atomic mass is 32.2. The predicted octanol–water partition coefficient (Wildman–Crippen LogP) is 5.98. The molecule has 1 fully saturated rings. The summed E-state index contributed by atoms with van der Waals surface area (Å²) < 4.78 is 50.9. The van der Waals surface area contributed by atoms with E-state index in [4.69, 9.17) is 9.47 Å². The van der Waals surface area contributed by atoms with Gasteiger partial charge >= 0.3 is 6.03 Å². The molecule has 42 heavy (non-hydrogen) atoms. The Morgan fingerprint density at radius 2 is 1.62 bits per heavy atom. The molecule has 9 nitrogen and oxygen atoms in total. The van der Waals surface area contributed by atoms with Crippen molar-refractivity contribution in [1.29, 1.82) is 0 Å². The smallest absolute Gasteiger partial charge is 0.322 e. The number of nitrogens with one attached hydrogen (secondary N) is 2. The van der Waals surface area contributed by atoms with Gasteiger partial charge in [0.25, 0.3) is 0 Å². The van der Waals surface area contributed by atoms with Gasteiger partial charge in [-0.15, -0.1) is 0 Å². The Balaban J connectivity index is 1.26. The number of carbonyl (C=O) groups is 1. The molecule has 0 aliphatic carbocycles. The highest BCUT2D eigenvalue weighted by Crippen LogP contribution is 2.26. The summed E-state index contributed by atoms with van der Waals surface area (Å²) in [5, 5.41) is 3.12. The number of amides is 2. The summed E-state index contributed by atoms with van der Waals surface area (Å²) >= 11 is 0. The summed E-state index contributed by atoms with van der Waals surface area (Å²) in [6, 6.07) is 18.9. The van der Waals surface area contributed by atoms with Crippen molar-refractivity contribution in [2.75, 3.05) is 42.6 Å². The molecule has 2 N–H and O–H groups in total. The number of hydrogen-bond acceptors (Lipinski definition) is 6. The number of methoxy groups -OCH3 is 1. The molecule has 1 aliphatic rings. The zero-order valence-corrected chi connectivity index (χ0v) is 25.1. The molecular formula is C31H39FN4O5S. The first-order chi connectivity index (χ1) is 20.1. The number of unbranched alkanes of at least 4 members (excludes halogenated alkanes) is 1. The van der Waals surface area contributed by atoms with Crippen LogP contribution in [0.5, 0.6) is 17.2 Å². The number of likely N-dealkylation sites (tertiary alicyclic amines) is 1. The highest BCUT2D eigenvalue weighted by molar-refractivity contribution is 7.92. The van der Waals surface area contributed by atoms with E-state index in [2.05, 4.69) is 14.9 Å². The second-order valence-electron chi connectivity index (χ2n) is 10.5. The molecule has 0 aromatic heterocycles. The van der Waals surface area contributed by atoms with Crippen LogP contribution in [0.3, 0.4) is 0 Å². The minimum absolute atomic E-state index is 0.0222. The van der Waals surface area contributed by atoms with Crippen LogP contribution >= 0.6 is 0 Å². The van der Waals surface area contributed by atoms with Crippen molar-refractivity contribution >= 4 is 27.4 Å². The average molecular weight is 599 g/mol. The van der Waals surface area contributed by atoms with Gasteiger partial charge in [-0.2, -0.15) is 0 Å². The maximum atomic E-state index is 14.8. The Hall–Kier alpha value is -3.83. The molecule has 0 spiro atoms. The van der Waals surface area contributed by atoms with Gasteiger partial charge in [0.05, 0.1) is 19.1 Å². The number of hydrogen-bond donors (Lipinski definition) is 2. The molecule has 226 valence electrons. The van der Waals surface area contributed by atoms with Crippen LogP contribution in [0.1, 0.15) is 38.2 Å². The van der Waals surface area contributed by atoms with E-state index in [9.17, 15) is 17.6 Å². The molecule has 1 heterocycles. The predicted molar refractivity (Wildman–Crippen MR) is 163 cm³/mol. The maximum Gasteiger partial charge on any atom is 0.322 e. The summed E-state index contributed by atoms with van der Waals surface area (Å²) in [6.07, 6.45) is 4.39. The number of ether oxygens (including phenoxy) is 2. The van der Waals surface area contributed by atoms with Crippen molar-refractivity contribution < 1.29 is 27.1 Å². The number of nitrogens with zero attached hydrogens (tertiary/aromatic N) is 2. The lowest BCUT2D eigenvalue weighted by molar-refractivity contribution is 0.188. The van der Waals surface area contributed by atoms with E-state index in [0.29, 0.717) is 29.5 Å². The van der Waals surface area contributed by atoms with Crippen LogP contribution in [0.2, 0.25) is 0 Å². The van der Waals surface area contributed by atoms with E-state index in [-0.39, 0.29) is 17.8 Å². The first-order valence-corrected chi connectivity index (χ1v) is 16.0. The fourth-order valence-electron chi connectivity index (χ4n) is 4.83. The summed E-state index contributed by atoms with van der Waals surface area (Å²) in [4.78, 5) is 17.0. The molecule has 0 bridgehead atoms. The van der Waals surface area contributed by atoms with Crippen molar-refractivity contribution in [3.05, 3.63) is 78.1 Å². The van der Waals surface area contributed by atoms with Crippen LogP contribution in [-0.2, 0) is 16.6 Å². The SMILES string of the molecule is CCCCN(C(=O)NC1CCN(Cc2ccc(Oc3ccc(NS(C)(=O)=O)cc3)cc2)CC1)c1ccc(OC)cc1F. The zero-order valence-electron chi connectivity index (χ0n) is 24.3. The number of anilines is 2. The molecule has 0 saturated carbocycles. The third kappa shape index (κ3) is 9.09. The van der Waals surface area contributed by atoms with Gasteiger partial charge < -0.3 is 14.8 Å². The van der Waals surface area contributed by atoms with Crippen LogP contribution in [0, 0.1) is 5.82 Å². The largest absolute Gasteiger partial charge is 0.497 e. The molecule has 0 radical (unpaired) electrons. The fourth-order valence-corrected chi connectivity index (χ4v) is 5.40. The third-order valence-electron chi connectivity index (χ3n) is 7.06. The van der Waals surface area contributed by atoms with Crippen molar-refractivity contribution in [3.8, 4) is 17.2 Å². The number of sulfonamides is 1. The van der Waals surface area contributed by atoms with Gasteiger partial charge in [0.15, 0.2) is 5.82 Å². The fraction of sp³-hybridized carbons (Fsp3) is 0.387. The lowest BCUT2D eigenvalue weighted by Crippen LogP contribution is -2.49. The van der Waals surface area contributed by atoms with Gasteiger partial charge in [0, 0.05) is 44.0 Å². The van der Waals surface area contributed by atoms with Gasteiger partial charge in [0.2, 0.25) is 10.0 Å². The number of carbonyl (C=O) groups excluding carboxylic acids is 1. The van der Waals surface area contributed by atoms with Crippen molar-refractivity contribution in [2.24, 2.45) is 0 Å². The molecule has 2 amide bonds. The lowest BCUT2D eigenvalue weighted by Gasteiger charge is -2.34. The lowest BCUT2D eigenvalue weighted by atomic mass is 10.0. The van der Waals surface area contributed by atoms with E-state index in [1.54, 1.807) is 36.4 Å². The second kappa shape index (κ2) is 14.4. The van der Waals surface area contributed by atoms with Crippen LogP contribution in [0.4, 0.5) is 20.6 Å². The molecule has 0 unspecified atom stereocenters. The highest BCUT2D eigenvalue weighted by Gasteiger charge is 2.25. The standard InChI is InChI=1S/C31H39FN4O5S/c1-4-5-18-36(30-15-14-28(40-2)21-29(30)32)31(37)33-24-16-19-35(20-17-24)22-23-6-10-26(11-7-23)41-27-12-8-25(9-13-27)34-42(3,38)39/h6-15,21,24,34H,4-5,16-20,22H2,1-3H3,(H,33,37). The Kier molecular flexibility index (Phi) is 10.6. The molecule has 4 rings (SSSR count). The van der Waals surface area contributed by atoms with E-state index in [0.717, 1.165) is 57.1 Å². The number of piperidine rings is 1. The summed E-state index contributed by atoms with van der Waals surface area (Å²) in [7, 11) is -1.84. The van der Waals surface area contributed by atoms with Crippen molar-refractivity contribution in [2.45, 2.75) is 45.2 Å². The minimum atomic E-state index is -3.33. The molecular weight excluding hydrogens is 559 g/mol. The van der Waals surface area contributed by atoms with E-state index < -0.39 is 15.8 Å². The number of rotatable bonds is 12. The Bertz CT molecular complexity index is 1430. The van der Waals surface area contributed by atoms with Gasteiger partial charge in [-0.3, -0.25) is 14.5 Å². The van der Waals surface area contributed by atoms with Gasteiger partial charge in [-0.05, 0) is 73.4 Å². The number of urea groups is 1. The Labute approximate surface area is 247 Å². The average Bonchev–Trinajstić information content (AvgIpc) is 2.96. The van der Waals surface area contributed by atoms with Crippen LogP contribution in [0.15, 0.2) is 66.7 Å². The monoisotopic (exact) mass is 598 g/mol. The quantitative estimate of drug-likeness (QED) is 0.266. The van der Waals surface area contributed by atoms with E-state index in [1.807, 2.05) is 31.2 Å². The first-order valence-electron chi connectivity index (χ1n) is 14.1. The zero-order chi connectivity index (χ0) is 30.1. The summed E-state index contributed by atoms with van der Waals surface area (Å²) in [5.74, 6) is 1.23. The van der Waals surface area contributed by atoms with Crippen molar-refractivity contribution in [1.82, 2.24) is 10.2 Å². The maximum absolute atomic E-state index is 14.8. The van der Waals surface area contributed by atoms with E-state index >= 15 is 0 Å². The van der Waals surface area contributed by atoms with Crippen LogP contribution in [-0.4, -0.2) is 58.4 Å². The molecule has 1 aliphatic heterocycles. The molecule has 0 atom stereocenters. The first kappa shape index (κ1) is 31.1. The van der Waals surface area contributed by atoms with Crippen LogP contribution < -0.4 is 24.4 Å². The van der Waals surface area contributed by atoms with Crippen molar-refractivity contribution in [3.63, 3.8) is 0 Å². The van der Waals surface area contributed by atoms with Gasteiger partial charge in [-0.25, -0.2) is 17.6 Å². The van der Waals surface area contributed by atoms with E-state index in [1.165, 1.54) is 18.1 Å². The second-order valence-corrected chi connectivity index (χ2v) is 12.2. The summed E-state index contributed by atoms with van der Waals surface area (Å²) in [5.41, 5.74) is 1.88. The third-order valence-corrected chi connectivity index (χ3v) is 7.67.